The predicted molar refractivity (Wildman–Crippen MR) is 99.0 cm³/mol. The summed E-state index contributed by atoms with van der Waals surface area (Å²) in [6, 6.07) is 7.30. The number of rotatable bonds is 4. The van der Waals surface area contributed by atoms with Gasteiger partial charge in [0.25, 0.3) is 0 Å². The van der Waals surface area contributed by atoms with E-state index in [1.165, 1.54) is 6.33 Å². The summed E-state index contributed by atoms with van der Waals surface area (Å²) in [4.78, 5) is 20.4. The highest BCUT2D eigenvalue weighted by molar-refractivity contribution is 5.89. The summed E-state index contributed by atoms with van der Waals surface area (Å²) in [5.74, 6) is 0.201. The van der Waals surface area contributed by atoms with E-state index in [0.717, 1.165) is 17.7 Å². The molecule has 0 bridgehead atoms. The second kappa shape index (κ2) is 6.96. The van der Waals surface area contributed by atoms with Crippen molar-refractivity contribution in [2.75, 3.05) is 12.3 Å². The number of nitrogen functional groups attached to an aromatic ring is 1. The number of hydrogen-bond donors (Lipinski definition) is 2. The molecular weight excluding hydrogens is 346 g/mol. The van der Waals surface area contributed by atoms with Crippen LogP contribution >= 0.6 is 0 Å². The smallest absolute Gasteiger partial charge is 0.338 e. The first-order valence-corrected chi connectivity index (χ1v) is 8.86. The molecule has 1 aliphatic heterocycles. The topological polar surface area (TPSA) is 116 Å². The van der Waals surface area contributed by atoms with Crippen molar-refractivity contribution < 1.29 is 14.3 Å². The third kappa shape index (κ3) is 3.35. The van der Waals surface area contributed by atoms with Gasteiger partial charge in [-0.2, -0.15) is 5.10 Å². The molecule has 140 valence electrons. The Labute approximate surface area is 156 Å². The van der Waals surface area contributed by atoms with E-state index in [1.54, 1.807) is 12.1 Å². The summed E-state index contributed by atoms with van der Waals surface area (Å²) in [6.45, 7) is 4.27. The molecule has 1 unspecified atom stereocenters. The van der Waals surface area contributed by atoms with Crippen LogP contribution in [0.15, 0.2) is 30.6 Å². The van der Waals surface area contributed by atoms with Crippen LogP contribution in [-0.2, 0) is 9.47 Å². The molecule has 3 atom stereocenters. The van der Waals surface area contributed by atoms with Gasteiger partial charge in [0.15, 0.2) is 11.3 Å². The fraction of sp³-hybridized carbons (Fsp3) is 0.368. The summed E-state index contributed by atoms with van der Waals surface area (Å²) in [7, 11) is 0. The summed E-state index contributed by atoms with van der Waals surface area (Å²) in [5, 5.41) is 7.18. The monoisotopic (exact) mass is 367 g/mol. The highest BCUT2D eigenvalue weighted by Crippen LogP contribution is 2.39. The molecule has 1 fully saturated rings. The van der Waals surface area contributed by atoms with Gasteiger partial charge in [-0.3, -0.25) is 5.10 Å². The minimum atomic E-state index is -0.345. The Balaban J connectivity index is 1.43. The van der Waals surface area contributed by atoms with Gasteiger partial charge in [0.05, 0.1) is 17.4 Å². The third-order valence-electron chi connectivity index (χ3n) is 4.86. The number of nitrogens with zero attached hydrogens (tertiary/aromatic N) is 3. The van der Waals surface area contributed by atoms with E-state index >= 15 is 0 Å². The van der Waals surface area contributed by atoms with E-state index in [0.29, 0.717) is 22.4 Å². The second-order valence-corrected chi connectivity index (χ2v) is 6.95. The zero-order valence-electron chi connectivity index (χ0n) is 15.2. The maximum Gasteiger partial charge on any atom is 0.338 e. The van der Waals surface area contributed by atoms with Crippen LogP contribution in [-0.4, -0.2) is 38.8 Å². The zero-order valence-corrected chi connectivity index (χ0v) is 15.2. The zero-order chi connectivity index (χ0) is 19.0. The lowest BCUT2D eigenvalue weighted by Gasteiger charge is -2.14. The van der Waals surface area contributed by atoms with Gasteiger partial charge in [0.1, 0.15) is 24.6 Å². The van der Waals surface area contributed by atoms with Crippen molar-refractivity contribution in [2.45, 2.75) is 32.5 Å². The molecule has 0 radical (unpaired) electrons. The van der Waals surface area contributed by atoms with Gasteiger partial charge in [-0.15, -0.1) is 0 Å². The fourth-order valence-electron chi connectivity index (χ4n) is 3.40. The second-order valence-electron chi connectivity index (χ2n) is 6.95. The Morgan fingerprint density at radius 2 is 2.07 bits per heavy atom. The van der Waals surface area contributed by atoms with Crippen LogP contribution in [0.5, 0.6) is 0 Å². The standard InChI is InChI=1S/C19H21N5O3/c1-10-3-5-12(6-4-10)19(25)26-8-13-7-11(2)17(27-13)15-14-16(24-23-15)18(20)22-9-21-14/h3-6,9,11,13,17H,7-8H2,1-2H3,(H,23,24)(H2,20,21,22)/t11?,13-,17+/m0/s1. The SMILES string of the molecule is Cc1ccc(C(=O)OC[C@@H]2CC(C)[C@H](c3[nH]nc4c(N)ncnc34)O2)cc1. The molecule has 0 saturated carbocycles. The van der Waals surface area contributed by atoms with Crippen molar-refractivity contribution in [1.82, 2.24) is 20.2 Å². The average molecular weight is 367 g/mol. The fourth-order valence-corrected chi connectivity index (χ4v) is 3.40. The number of anilines is 1. The van der Waals surface area contributed by atoms with Crippen molar-refractivity contribution in [3.8, 4) is 0 Å². The summed E-state index contributed by atoms with van der Waals surface area (Å²) in [6.07, 6.45) is 1.79. The Hall–Kier alpha value is -3.00. The quantitative estimate of drug-likeness (QED) is 0.681. The van der Waals surface area contributed by atoms with E-state index in [1.807, 2.05) is 19.1 Å². The molecule has 3 heterocycles. The van der Waals surface area contributed by atoms with E-state index in [9.17, 15) is 4.79 Å². The summed E-state index contributed by atoms with van der Waals surface area (Å²) < 4.78 is 11.6. The number of hydrogen-bond acceptors (Lipinski definition) is 7. The molecular formula is C19H21N5O3. The van der Waals surface area contributed by atoms with Crippen LogP contribution in [0.25, 0.3) is 11.0 Å². The first-order chi connectivity index (χ1) is 13.0. The molecule has 0 aliphatic carbocycles. The number of nitrogens with one attached hydrogen (secondary N) is 1. The molecule has 0 spiro atoms. The number of H-pyrrole nitrogens is 1. The first-order valence-electron chi connectivity index (χ1n) is 8.86. The molecule has 8 nitrogen and oxygen atoms in total. The third-order valence-corrected chi connectivity index (χ3v) is 4.86. The lowest BCUT2D eigenvalue weighted by Crippen LogP contribution is -2.18. The molecule has 0 amide bonds. The highest BCUT2D eigenvalue weighted by Gasteiger charge is 2.36. The van der Waals surface area contributed by atoms with Crippen molar-refractivity contribution in [1.29, 1.82) is 0 Å². The maximum atomic E-state index is 12.2. The van der Waals surface area contributed by atoms with Gasteiger partial charge in [0, 0.05) is 0 Å². The van der Waals surface area contributed by atoms with Crippen LogP contribution in [0, 0.1) is 12.8 Å². The van der Waals surface area contributed by atoms with Crippen LogP contribution in [0.2, 0.25) is 0 Å². The summed E-state index contributed by atoms with van der Waals surface area (Å²) >= 11 is 0. The number of fused-ring (bicyclic) bond motifs is 1. The first kappa shape index (κ1) is 17.4. The van der Waals surface area contributed by atoms with Crippen LogP contribution in [0.4, 0.5) is 5.82 Å². The van der Waals surface area contributed by atoms with Crippen LogP contribution in [0.1, 0.15) is 41.1 Å². The number of benzene rings is 1. The van der Waals surface area contributed by atoms with Crippen molar-refractivity contribution >= 4 is 22.8 Å². The number of ether oxygens (including phenoxy) is 2. The lowest BCUT2D eigenvalue weighted by atomic mass is 9.99. The molecule has 1 aromatic carbocycles. The Kier molecular flexibility index (Phi) is 4.49. The molecule has 3 N–H and O–H groups in total. The lowest BCUT2D eigenvalue weighted by molar-refractivity contribution is -0.0124. The number of nitrogens with two attached hydrogens (primary N) is 1. The molecule has 1 aliphatic rings. The van der Waals surface area contributed by atoms with Crippen molar-refractivity contribution in [2.24, 2.45) is 5.92 Å². The average Bonchev–Trinajstić information content (AvgIpc) is 3.24. The maximum absolute atomic E-state index is 12.2. The van der Waals surface area contributed by atoms with Gasteiger partial charge in [-0.1, -0.05) is 24.6 Å². The molecule has 2 aromatic heterocycles. The van der Waals surface area contributed by atoms with E-state index in [-0.39, 0.29) is 30.7 Å². The minimum absolute atomic E-state index is 0.183. The molecule has 3 aromatic rings. The number of aromatic amines is 1. The van der Waals surface area contributed by atoms with Gasteiger partial charge in [-0.25, -0.2) is 14.8 Å². The van der Waals surface area contributed by atoms with E-state index < -0.39 is 0 Å². The van der Waals surface area contributed by atoms with Gasteiger partial charge in [0.2, 0.25) is 0 Å². The largest absolute Gasteiger partial charge is 0.459 e. The van der Waals surface area contributed by atoms with Crippen molar-refractivity contribution in [3.05, 3.63) is 47.4 Å². The van der Waals surface area contributed by atoms with Gasteiger partial charge >= 0.3 is 5.97 Å². The number of carbonyl (C=O) groups is 1. The predicted octanol–water partition coefficient (Wildman–Crippen LogP) is 2.57. The van der Waals surface area contributed by atoms with E-state index in [2.05, 4.69) is 27.1 Å². The Bertz CT molecular complexity index is 969. The minimum Gasteiger partial charge on any atom is -0.459 e. The number of esters is 1. The molecule has 8 heteroatoms. The van der Waals surface area contributed by atoms with E-state index in [4.69, 9.17) is 15.2 Å². The highest BCUT2D eigenvalue weighted by atomic mass is 16.6. The summed E-state index contributed by atoms with van der Waals surface area (Å²) in [5.41, 5.74) is 9.46. The van der Waals surface area contributed by atoms with Crippen molar-refractivity contribution in [3.63, 3.8) is 0 Å². The van der Waals surface area contributed by atoms with Crippen LogP contribution in [0.3, 0.4) is 0 Å². The normalized spacial score (nSPS) is 22.2. The van der Waals surface area contributed by atoms with Gasteiger partial charge in [-0.05, 0) is 31.4 Å². The number of carbonyl (C=O) groups excluding carboxylic acids is 1. The Morgan fingerprint density at radius 3 is 2.85 bits per heavy atom. The molecule has 1 saturated heterocycles. The van der Waals surface area contributed by atoms with Crippen LogP contribution < -0.4 is 5.73 Å². The molecule has 4 rings (SSSR count). The number of aromatic nitrogens is 4. The van der Waals surface area contributed by atoms with Gasteiger partial charge < -0.3 is 15.2 Å². The molecule has 27 heavy (non-hydrogen) atoms. The Morgan fingerprint density at radius 1 is 1.30 bits per heavy atom. The number of aryl methyl sites for hydroxylation is 1.